The summed E-state index contributed by atoms with van der Waals surface area (Å²) in [5, 5.41) is 5.74. The number of benzene rings is 1. The van der Waals surface area contributed by atoms with Gasteiger partial charge in [-0.2, -0.15) is 0 Å². The number of nitrogens with one attached hydrogen (secondary N) is 2. The lowest BCUT2D eigenvalue weighted by molar-refractivity contribution is -0.116. The summed E-state index contributed by atoms with van der Waals surface area (Å²) in [6, 6.07) is 5.61. The van der Waals surface area contributed by atoms with Gasteiger partial charge in [0.25, 0.3) is 0 Å². The molecule has 5 heteroatoms. The summed E-state index contributed by atoms with van der Waals surface area (Å²) >= 11 is 0. The molecule has 1 aliphatic rings. The van der Waals surface area contributed by atoms with E-state index in [0.717, 1.165) is 24.0 Å². The largest absolute Gasteiger partial charge is 0.326 e. The van der Waals surface area contributed by atoms with Crippen LogP contribution in [0.25, 0.3) is 0 Å². The number of fused-ring (bicyclic) bond motifs is 1. The Kier molecular flexibility index (Phi) is 5.99. The van der Waals surface area contributed by atoms with Gasteiger partial charge in [0.15, 0.2) is 5.78 Å². The van der Waals surface area contributed by atoms with Crippen molar-refractivity contribution >= 4 is 29.8 Å². The van der Waals surface area contributed by atoms with Crippen LogP contribution >= 0.6 is 12.4 Å². The van der Waals surface area contributed by atoms with Crippen molar-refractivity contribution in [2.24, 2.45) is 0 Å². The summed E-state index contributed by atoms with van der Waals surface area (Å²) in [7, 11) is 1.81. The third-order valence-electron chi connectivity index (χ3n) is 3.15. The minimum Gasteiger partial charge on any atom is -0.326 e. The first-order valence-corrected chi connectivity index (χ1v) is 6.31. The molecule has 2 rings (SSSR count). The molecule has 0 bridgehead atoms. The van der Waals surface area contributed by atoms with Crippen LogP contribution in [0.1, 0.15) is 35.2 Å². The lowest BCUT2D eigenvalue weighted by Crippen LogP contribution is -2.19. The highest BCUT2D eigenvalue weighted by molar-refractivity contribution is 6.00. The summed E-state index contributed by atoms with van der Waals surface area (Å²) in [6.07, 6.45) is 2.93. The molecule has 1 aromatic rings. The molecular weight excluding hydrogens is 264 g/mol. The second-order valence-electron chi connectivity index (χ2n) is 4.55. The van der Waals surface area contributed by atoms with Gasteiger partial charge < -0.3 is 10.6 Å². The van der Waals surface area contributed by atoms with Crippen molar-refractivity contribution in [3.8, 4) is 0 Å². The molecule has 1 aliphatic carbocycles. The minimum absolute atomic E-state index is 0. The van der Waals surface area contributed by atoms with Crippen molar-refractivity contribution in [3.05, 3.63) is 29.3 Å². The molecule has 0 unspecified atom stereocenters. The Balaban J connectivity index is 0.00000180. The Morgan fingerprint density at radius 2 is 2.11 bits per heavy atom. The standard InChI is InChI=1S/C14H18N2O2.ClH/c1-15-8-7-14(18)16-11-6-5-10-3-2-4-13(17)12(10)9-11;/h5-6,9,15H,2-4,7-8H2,1H3,(H,16,18);1H. The summed E-state index contributed by atoms with van der Waals surface area (Å²) < 4.78 is 0. The van der Waals surface area contributed by atoms with E-state index in [1.165, 1.54) is 0 Å². The molecule has 0 aliphatic heterocycles. The monoisotopic (exact) mass is 282 g/mol. The fraction of sp³-hybridized carbons (Fsp3) is 0.429. The van der Waals surface area contributed by atoms with Gasteiger partial charge >= 0.3 is 0 Å². The van der Waals surface area contributed by atoms with Crippen molar-refractivity contribution in [2.45, 2.75) is 25.7 Å². The minimum atomic E-state index is -0.0347. The number of rotatable bonds is 4. The zero-order valence-electron chi connectivity index (χ0n) is 11.0. The fourth-order valence-corrected chi connectivity index (χ4v) is 2.17. The van der Waals surface area contributed by atoms with Gasteiger partial charge in [-0.25, -0.2) is 0 Å². The molecule has 0 saturated heterocycles. The maximum atomic E-state index is 11.8. The van der Waals surface area contributed by atoms with Gasteiger partial charge in [0.2, 0.25) is 5.91 Å². The molecular formula is C14H19ClN2O2. The van der Waals surface area contributed by atoms with Crippen molar-refractivity contribution in [2.75, 3.05) is 18.9 Å². The number of Topliss-reactive ketones (excluding diaryl/α,β-unsaturated/α-hetero) is 1. The van der Waals surface area contributed by atoms with Crippen molar-refractivity contribution in [3.63, 3.8) is 0 Å². The first-order chi connectivity index (χ1) is 8.70. The maximum Gasteiger partial charge on any atom is 0.225 e. The van der Waals surface area contributed by atoms with Gasteiger partial charge in [-0.15, -0.1) is 12.4 Å². The van der Waals surface area contributed by atoms with E-state index >= 15 is 0 Å². The number of amides is 1. The number of carbonyl (C=O) groups excluding carboxylic acids is 2. The molecule has 0 fully saturated rings. The topological polar surface area (TPSA) is 58.2 Å². The molecule has 0 radical (unpaired) electrons. The highest BCUT2D eigenvalue weighted by Gasteiger charge is 2.17. The van der Waals surface area contributed by atoms with Gasteiger partial charge in [-0.05, 0) is 37.6 Å². The van der Waals surface area contributed by atoms with E-state index in [0.29, 0.717) is 25.1 Å². The predicted molar refractivity (Wildman–Crippen MR) is 78.1 cm³/mol. The summed E-state index contributed by atoms with van der Waals surface area (Å²) in [5.41, 5.74) is 2.58. The van der Waals surface area contributed by atoms with Gasteiger partial charge in [-0.3, -0.25) is 9.59 Å². The van der Waals surface area contributed by atoms with Crippen molar-refractivity contribution < 1.29 is 9.59 Å². The quantitative estimate of drug-likeness (QED) is 0.890. The van der Waals surface area contributed by atoms with Crippen LogP contribution in [0.3, 0.4) is 0 Å². The first kappa shape index (κ1) is 15.7. The maximum absolute atomic E-state index is 11.8. The van der Waals surface area contributed by atoms with Crippen LogP contribution in [0.2, 0.25) is 0 Å². The van der Waals surface area contributed by atoms with E-state index in [2.05, 4.69) is 10.6 Å². The van der Waals surface area contributed by atoms with Gasteiger partial charge in [0.1, 0.15) is 0 Å². The van der Waals surface area contributed by atoms with E-state index in [4.69, 9.17) is 0 Å². The molecule has 19 heavy (non-hydrogen) atoms. The van der Waals surface area contributed by atoms with E-state index < -0.39 is 0 Å². The average Bonchev–Trinajstić information content (AvgIpc) is 2.37. The van der Waals surface area contributed by atoms with Crippen LogP contribution in [-0.2, 0) is 11.2 Å². The van der Waals surface area contributed by atoms with Crippen molar-refractivity contribution in [1.82, 2.24) is 5.32 Å². The molecule has 1 aromatic carbocycles. The molecule has 4 nitrogen and oxygen atoms in total. The number of ketones is 1. The van der Waals surface area contributed by atoms with Crippen LogP contribution in [0.4, 0.5) is 5.69 Å². The molecule has 0 spiro atoms. The Bertz CT molecular complexity index is 475. The van der Waals surface area contributed by atoms with Gasteiger partial charge in [-0.1, -0.05) is 6.07 Å². The zero-order chi connectivity index (χ0) is 13.0. The molecule has 0 aromatic heterocycles. The molecule has 0 saturated carbocycles. The average molecular weight is 283 g/mol. The SMILES string of the molecule is CNCCC(=O)Nc1ccc2c(c1)C(=O)CCC2.Cl. The molecule has 0 heterocycles. The van der Waals surface area contributed by atoms with Crippen molar-refractivity contribution in [1.29, 1.82) is 0 Å². The number of aryl methyl sites for hydroxylation is 1. The molecule has 1 amide bonds. The normalized spacial score (nSPS) is 13.4. The highest BCUT2D eigenvalue weighted by Crippen LogP contribution is 2.24. The number of anilines is 1. The molecule has 104 valence electrons. The lowest BCUT2D eigenvalue weighted by atomic mass is 9.90. The Labute approximate surface area is 119 Å². The highest BCUT2D eigenvalue weighted by atomic mass is 35.5. The first-order valence-electron chi connectivity index (χ1n) is 6.31. The third kappa shape index (κ3) is 4.04. The second kappa shape index (κ2) is 7.26. The van der Waals surface area contributed by atoms with Crippen LogP contribution in [-0.4, -0.2) is 25.3 Å². The van der Waals surface area contributed by atoms with Crippen LogP contribution in [0.15, 0.2) is 18.2 Å². The number of hydrogen-bond acceptors (Lipinski definition) is 3. The van der Waals surface area contributed by atoms with Crippen LogP contribution in [0, 0.1) is 0 Å². The summed E-state index contributed by atoms with van der Waals surface area (Å²) in [6.45, 7) is 0.649. The van der Waals surface area contributed by atoms with Crippen LogP contribution < -0.4 is 10.6 Å². The number of carbonyl (C=O) groups is 2. The van der Waals surface area contributed by atoms with E-state index in [9.17, 15) is 9.59 Å². The summed E-state index contributed by atoms with van der Waals surface area (Å²) in [5.74, 6) is 0.148. The van der Waals surface area contributed by atoms with E-state index in [-0.39, 0.29) is 24.1 Å². The molecule has 0 atom stereocenters. The van der Waals surface area contributed by atoms with Gasteiger partial charge in [0.05, 0.1) is 0 Å². The lowest BCUT2D eigenvalue weighted by Gasteiger charge is -2.15. The van der Waals surface area contributed by atoms with Crippen LogP contribution in [0.5, 0.6) is 0 Å². The Morgan fingerprint density at radius 1 is 1.32 bits per heavy atom. The van der Waals surface area contributed by atoms with E-state index in [1.807, 2.05) is 19.2 Å². The molecule has 2 N–H and O–H groups in total. The van der Waals surface area contributed by atoms with E-state index in [1.54, 1.807) is 6.07 Å². The number of halogens is 1. The van der Waals surface area contributed by atoms with Gasteiger partial charge in [0, 0.05) is 30.6 Å². The Morgan fingerprint density at radius 3 is 2.84 bits per heavy atom. The second-order valence-corrected chi connectivity index (χ2v) is 4.55. The smallest absolute Gasteiger partial charge is 0.225 e. The zero-order valence-corrected chi connectivity index (χ0v) is 11.8. The fourth-order valence-electron chi connectivity index (χ4n) is 2.17. The summed E-state index contributed by atoms with van der Waals surface area (Å²) in [4.78, 5) is 23.4. The number of hydrogen-bond donors (Lipinski definition) is 2. The predicted octanol–water partition coefficient (Wildman–Crippen LogP) is 2.18. The third-order valence-corrected chi connectivity index (χ3v) is 3.15. The Hall–Kier alpha value is -1.39.